The lowest BCUT2D eigenvalue weighted by Gasteiger charge is -2.18. The first-order chi connectivity index (χ1) is 13.7. The maximum absolute atomic E-state index is 12.3. The van der Waals surface area contributed by atoms with E-state index in [2.05, 4.69) is 24.0 Å². The number of nitrogens with one attached hydrogen (secondary N) is 1. The fraction of sp³-hybridized carbons (Fsp3) is 0.273. The van der Waals surface area contributed by atoms with Gasteiger partial charge in [-0.3, -0.25) is 0 Å². The Bertz CT molecular complexity index is 820. The first-order valence-corrected chi connectivity index (χ1v) is 9.24. The van der Waals surface area contributed by atoms with Crippen LogP contribution in [-0.4, -0.2) is 37.9 Å². The van der Waals surface area contributed by atoms with Gasteiger partial charge in [0.15, 0.2) is 0 Å². The number of alkyl carbamates (subject to hydrolysis) is 1. The summed E-state index contributed by atoms with van der Waals surface area (Å²) in [6.45, 7) is 3.98. The van der Waals surface area contributed by atoms with Crippen LogP contribution in [0.2, 0.25) is 0 Å². The molecule has 0 saturated heterocycles. The normalized spacial score (nSPS) is 13.2. The zero-order valence-corrected chi connectivity index (χ0v) is 15.6. The average Bonchev–Trinajstić information content (AvgIpc) is 3.04. The number of amides is 1. The van der Waals surface area contributed by atoms with Gasteiger partial charge in [0.25, 0.3) is 0 Å². The van der Waals surface area contributed by atoms with Gasteiger partial charge in [0, 0.05) is 5.92 Å². The van der Waals surface area contributed by atoms with Crippen molar-refractivity contribution in [2.75, 3.05) is 19.8 Å². The minimum atomic E-state index is -0.847. The first kappa shape index (κ1) is 19.6. The lowest BCUT2D eigenvalue weighted by atomic mass is 9.98. The molecule has 0 radical (unpaired) electrons. The third kappa shape index (κ3) is 4.23. The molecule has 3 N–H and O–H groups in total. The summed E-state index contributed by atoms with van der Waals surface area (Å²) in [5.41, 5.74) is 10.1. The van der Waals surface area contributed by atoms with Crippen LogP contribution in [0.5, 0.6) is 0 Å². The molecule has 0 aromatic heterocycles. The number of esters is 1. The van der Waals surface area contributed by atoms with Crippen molar-refractivity contribution in [3.63, 3.8) is 0 Å². The van der Waals surface area contributed by atoms with E-state index in [-0.39, 0.29) is 32.1 Å². The van der Waals surface area contributed by atoms with Crippen molar-refractivity contribution in [2.45, 2.75) is 18.4 Å². The highest BCUT2D eigenvalue weighted by molar-refractivity contribution is 5.82. The van der Waals surface area contributed by atoms with E-state index in [9.17, 15) is 9.59 Å². The maximum atomic E-state index is 12.3. The minimum Gasteiger partial charge on any atom is -0.460 e. The molecule has 1 atom stereocenters. The Kier molecular flexibility index (Phi) is 6.45. The predicted octanol–water partition coefficient (Wildman–Crippen LogP) is 2.97. The number of nitrogens with two attached hydrogens (primary N) is 1. The molecule has 6 heteroatoms. The highest BCUT2D eigenvalue weighted by atomic mass is 16.6. The van der Waals surface area contributed by atoms with Crippen molar-refractivity contribution in [2.24, 2.45) is 5.73 Å². The van der Waals surface area contributed by atoms with Gasteiger partial charge in [-0.2, -0.15) is 0 Å². The second-order valence-corrected chi connectivity index (χ2v) is 6.52. The Morgan fingerprint density at radius 3 is 2.25 bits per heavy atom. The van der Waals surface area contributed by atoms with Crippen molar-refractivity contribution in [1.29, 1.82) is 0 Å². The van der Waals surface area contributed by atoms with Crippen molar-refractivity contribution in [3.05, 3.63) is 72.3 Å². The predicted molar refractivity (Wildman–Crippen MR) is 107 cm³/mol. The van der Waals surface area contributed by atoms with Gasteiger partial charge >= 0.3 is 12.1 Å². The lowest BCUT2D eigenvalue weighted by molar-refractivity contribution is -0.144. The first-order valence-electron chi connectivity index (χ1n) is 9.24. The topological polar surface area (TPSA) is 90.6 Å². The monoisotopic (exact) mass is 380 g/mol. The van der Waals surface area contributed by atoms with Gasteiger partial charge < -0.3 is 20.5 Å². The van der Waals surface area contributed by atoms with Crippen molar-refractivity contribution in [3.8, 4) is 11.1 Å². The van der Waals surface area contributed by atoms with Gasteiger partial charge in [-0.05, 0) is 35.2 Å². The zero-order chi connectivity index (χ0) is 19.9. The molecule has 0 aliphatic heterocycles. The molecule has 2 aromatic rings. The second-order valence-electron chi connectivity index (χ2n) is 6.52. The van der Waals surface area contributed by atoms with Gasteiger partial charge in [-0.15, -0.1) is 0 Å². The van der Waals surface area contributed by atoms with Crippen LogP contribution in [0.1, 0.15) is 23.5 Å². The molecular formula is C22H24N2O4. The summed E-state index contributed by atoms with van der Waals surface area (Å²) in [4.78, 5) is 24.3. The summed E-state index contributed by atoms with van der Waals surface area (Å²) in [5.74, 6) is -0.599. The molecule has 0 unspecified atom stereocenters. The molecule has 28 heavy (non-hydrogen) atoms. The van der Waals surface area contributed by atoms with Crippen LogP contribution in [0.4, 0.5) is 4.79 Å². The summed E-state index contributed by atoms with van der Waals surface area (Å²) < 4.78 is 10.4. The Hall–Kier alpha value is -3.12. The molecule has 2 aromatic carbocycles. The van der Waals surface area contributed by atoms with Crippen LogP contribution in [0.3, 0.4) is 0 Å². The van der Waals surface area contributed by atoms with Crippen LogP contribution < -0.4 is 11.1 Å². The average molecular weight is 380 g/mol. The van der Waals surface area contributed by atoms with E-state index < -0.39 is 18.1 Å². The van der Waals surface area contributed by atoms with Crippen LogP contribution in [0.25, 0.3) is 11.1 Å². The quantitative estimate of drug-likeness (QED) is 0.543. The van der Waals surface area contributed by atoms with Crippen LogP contribution in [0, 0.1) is 0 Å². The second kappa shape index (κ2) is 9.19. The number of fused-ring (bicyclic) bond motifs is 3. The standard InChI is InChI=1S/C22H24N2O4/c1-2-13-27-21(25)20(11-12-23)24-22(26)28-14-19-17-9-5-3-7-15(17)16-8-4-6-10-18(16)19/h2-10,19-20H,1,11-14,23H2,(H,24,26)/t20-/m1/s1. The molecule has 0 saturated carbocycles. The molecule has 0 fully saturated rings. The van der Waals surface area contributed by atoms with Crippen LogP contribution >= 0.6 is 0 Å². The minimum absolute atomic E-state index is 0.0428. The molecule has 3 rings (SSSR count). The van der Waals surface area contributed by atoms with E-state index in [0.29, 0.717) is 0 Å². The maximum Gasteiger partial charge on any atom is 0.407 e. The van der Waals surface area contributed by atoms with Gasteiger partial charge in [0.1, 0.15) is 19.3 Å². The molecule has 1 aliphatic carbocycles. The van der Waals surface area contributed by atoms with Crippen molar-refractivity contribution in [1.82, 2.24) is 5.32 Å². The number of carbonyl (C=O) groups is 2. The van der Waals surface area contributed by atoms with E-state index >= 15 is 0 Å². The number of benzene rings is 2. The number of ether oxygens (including phenoxy) is 2. The Morgan fingerprint density at radius 2 is 1.68 bits per heavy atom. The number of hydrogen-bond donors (Lipinski definition) is 2. The lowest BCUT2D eigenvalue weighted by Crippen LogP contribution is -2.43. The SMILES string of the molecule is C=CCOC(=O)[C@@H](CCN)NC(=O)OCC1c2ccccc2-c2ccccc21. The molecule has 1 aliphatic rings. The number of hydrogen-bond acceptors (Lipinski definition) is 5. The molecule has 0 spiro atoms. The van der Waals surface area contributed by atoms with E-state index in [0.717, 1.165) is 22.3 Å². The highest BCUT2D eigenvalue weighted by Crippen LogP contribution is 2.44. The highest BCUT2D eigenvalue weighted by Gasteiger charge is 2.29. The zero-order valence-electron chi connectivity index (χ0n) is 15.6. The smallest absolute Gasteiger partial charge is 0.407 e. The molecule has 146 valence electrons. The Labute approximate surface area is 164 Å². The summed E-state index contributed by atoms with van der Waals surface area (Å²) in [7, 11) is 0. The fourth-order valence-corrected chi connectivity index (χ4v) is 3.44. The largest absolute Gasteiger partial charge is 0.460 e. The summed E-state index contributed by atoms with van der Waals surface area (Å²) >= 11 is 0. The van der Waals surface area contributed by atoms with E-state index in [1.807, 2.05) is 36.4 Å². The number of rotatable bonds is 8. The fourth-order valence-electron chi connectivity index (χ4n) is 3.44. The Morgan fingerprint density at radius 1 is 1.07 bits per heavy atom. The third-order valence-electron chi connectivity index (χ3n) is 4.72. The Balaban J connectivity index is 1.65. The van der Waals surface area contributed by atoms with E-state index in [1.165, 1.54) is 6.08 Å². The van der Waals surface area contributed by atoms with Gasteiger partial charge in [0.2, 0.25) is 0 Å². The summed E-state index contributed by atoms with van der Waals surface area (Å²) in [5, 5.41) is 2.55. The summed E-state index contributed by atoms with van der Waals surface area (Å²) in [6, 6.07) is 15.3. The molecule has 0 heterocycles. The number of carbonyl (C=O) groups excluding carboxylic acids is 2. The summed E-state index contributed by atoms with van der Waals surface area (Å²) in [6.07, 6.45) is 1.06. The van der Waals surface area contributed by atoms with Gasteiger partial charge in [-0.25, -0.2) is 9.59 Å². The van der Waals surface area contributed by atoms with Crippen LogP contribution in [0.15, 0.2) is 61.2 Å². The van der Waals surface area contributed by atoms with E-state index in [4.69, 9.17) is 15.2 Å². The third-order valence-corrected chi connectivity index (χ3v) is 4.72. The van der Waals surface area contributed by atoms with E-state index in [1.54, 1.807) is 0 Å². The van der Waals surface area contributed by atoms with Crippen LogP contribution in [-0.2, 0) is 14.3 Å². The van der Waals surface area contributed by atoms with Gasteiger partial charge in [0.05, 0.1) is 0 Å². The van der Waals surface area contributed by atoms with Crippen molar-refractivity contribution >= 4 is 12.1 Å². The molecule has 0 bridgehead atoms. The molecular weight excluding hydrogens is 356 g/mol. The molecule has 1 amide bonds. The molecule has 6 nitrogen and oxygen atoms in total. The van der Waals surface area contributed by atoms with Gasteiger partial charge in [-0.1, -0.05) is 61.2 Å². The van der Waals surface area contributed by atoms with Crippen molar-refractivity contribution < 1.29 is 19.1 Å².